The summed E-state index contributed by atoms with van der Waals surface area (Å²) in [7, 11) is 0. The van der Waals surface area contributed by atoms with Crippen LogP contribution in [0.15, 0.2) is 45.5 Å². The monoisotopic (exact) mass is 374 g/mol. The first kappa shape index (κ1) is 12.9. The number of halogens is 3. The Bertz CT molecular complexity index is 514. The summed E-state index contributed by atoms with van der Waals surface area (Å²) in [5.74, 6) is 0. The van der Waals surface area contributed by atoms with Crippen LogP contribution in [0.3, 0.4) is 0 Å². The lowest BCUT2D eigenvalue weighted by molar-refractivity contribution is 1.03. The van der Waals surface area contributed by atoms with E-state index in [1.54, 1.807) is 6.20 Å². The van der Waals surface area contributed by atoms with Gasteiger partial charge in [0.25, 0.3) is 0 Å². The maximum atomic E-state index is 5.82. The number of aromatic nitrogens is 1. The van der Waals surface area contributed by atoms with Crippen molar-refractivity contribution in [1.29, 1.82) is 0 Å². The Morgan fingerprint density at radius 3 is 2.53 bits per heavy atom. The van der Waals surface area contributed by atoms with Gasteiger partial charge in [0.1, 0.15) is 0 Å². The molecule has 0 amide bonds. The molecule has 0 bridgehead atoms. The molecule has 0 aliphatic heterocycles. The third-order valence-electron chi connectivity index (χ3n) is 2.19. The Kier molecular flexibility index (Phi) is 4.42. The second-order valence-electron chi connectivity index (χ2n) is 3.44. The maximum Gasteiger partial charge on any atom is 0.0737 e. The van der Waals surface area contributed by atoms with Crippen LogP contribution < -0.4 is 5.32 Å². The Hall–Kier alpha value is -0.580. The standard InChI is InChI=1S/C12H9Br2ClN2/c13-8-5-11(14)12(17-6-8)7-16-10-3-1-9(15)2-4-10/h1-6,16H,7H2. The van der Waals surface area contributed by atoms with Crippen LogP contribution in [0.2, 0.25) is 5.02 Å². The average Bonchev–Trinajstić information content (AvgIpc) is 2.30. The van der Waals surface area contributed by atoms with Gasteiger partial charge in [0, 0.05) is 25.9 Å². The van der Waals surface area contributed by atoms with Gasteiger partial charge in [-0.3, -0.25) is 4.98 Å². The highest BCUT2D eigenvalue weighted by Gasteiger charge is 2.02. The predicted molar refractivity (Wildman–Crippen MR) is 78.4 cm³/mol. The molecule has 2 nitrogen and oxygen atoms in total. The van der Waals surface area contributed by atoms with Gasteiger partial charge in [-0.2, -0.15) is 0 Å². The molecule has 1 aromatic carbocycles. The molecule has 0 radical (unpaired) electrons. The lowest BCUT2D eigenvalue weighted by Crippen LogP contribution is -2.02. The molecule has 0 unspecified atom stereocenters. The van der Waals surface area contributed by atoms with Gasteiger partial charge in [-0.15, -0.1) is 0 Å². The molecule has 2 aromatic rings. The molecule has 17 heavy (non-hydrogen) atoms. The minimum Gasteiger partial charge on any atom is -0.379 e. The SMILES string of the molecule is Clc1ccc(NCc2ncc(Br)cc2Br)cc1. The smallest absolute Gasteiger partial charge is 0.0737 e. The van der Waals surface area contributed by atoms with Gasteiger partial charge in [-0.05, 0) is 62.2 Å². The van der Waals surface area contributed by atoms with Crippen LogP contribution in [0.4, 0.5) is 5.69 Å². The van der Waals surface area contributed by atoms with Crippen LogP contribution in [0.25, 0.3) is 0 Å². The first-order valence-electron chi connectivity index (χ1n) is 4.94. The van der Waals surface area contributed by atoms with Crippen molar-refractivity contribution >= 4 is 49.1 Å². The molecule has 0 spiro atoms. The topological polar surface area (TPSA) is 24.9 Å². The summed E-state index contributed by atoms with van der Waals surface area (Å²) in [5, 5.41) is 4.02. The van der Waals surface area contributed by atoms with Crippen LogP contribution in [-0.4, -0.2) is 4.98 Å². The summed E-state index contributed by atoms with van der Waals surface area (Å²) in [4.78, 5) is 4.33. The summed E-state index contributed by atoms with van der Waals surface area (Å²) in [6, 6.07) is 9.57. The molecule has 1 heterocycles. The number of hydrogen-bond donors (Lipinski definition) is 1. The van der Waals surface area contributed by atoms with Crippen molar-refractivity contribution in [3.63, 3.8) is 0 Å². The highest BCUT2D eigenvalue weighted by Crippen LogP contribution is 2.21. The number of hydrogen-bond acceptors (Lipinski definition) is 2. The van der Waals surface area contributed by atoms with Gasteiger partial charge in [0.05, 0.1) is 12.2 Å². The molecule has 0 saturated carbocycles. The molecule has 2 rings (SSSR count). The van der Waals surface area contributed by atoms with Crippen LogP contribution in [0.1, 0.15) is 5.69 Å². The number of nitrogens with one attached hydrogen (secondary N) is 1. The third kappa shape index (κ3) is 3.69. The van der Waals surface area contributed by atoms with Crippen molar-refractivity contribution in [2.24, 2.45) is 0 Å². The van der Waals surface area contributed by atoms with Crippen molar-refractivity contribution in [1.82, 2.24) is 4.98 Å². The predicted octanol–water partition coefficient (Wildman–Crippen LogP) is 4.87. The second-order valence-corrected chi connectivity index (χ2v) is 5.65. The molecule has 1 aromatic heterocycles. The zero-order valence-electron chi connectivity index (χ0n) is 8.75. The van der Waals surface area contributed by atoms with Crippen LogP contribution in [-0.2, 0) is 6.54 Å². The Balaban J connectivity index is 2.04. The van der Waals surface area contributed by atoms with Crippen molar-refractivity contribution in [2.75, 3.05) is 5.32 Å². The van der Waals surface area contributed by atoms with E-state index in [0.29, 0.717) is 6.54 Å². The summed E-state index contributed by atoms with van der Waals surface area (Å²) >= 11 is 12.7. The number of nitrogens with zero attached hydrogens (tertiary/aromatic N) is 1. The van der Waals surface area contributed by atoms with Gasteiger partial charge in [0.2, 0.25) is 0 Å². The van der Waals surface area contributed by atoms with Crippen molar-refractivity contribution < 1.29 is 0 Å². The largest absolute Gasteiger partial charge is 0.379 e. The van der Waals surface area contributed by atoms with E-state index < -0.39 is 0 Å². The fourth-order valence-corrected chi connectivity index (χ4v) is 2.58. The highest BCUT2D eigenvalue weighted by molar-refractivity contribution is 9.11. The number of anilines is 1. The molecule has 0 fully saturated rings. The van der Waals surface area contributed by atoms with E-state index in [9.17, 15) is 0 Å². The quantitative estimate of drug-likeness (QED) is 0.826. The molecule has 5 heteroatoms. The molecule has 88 valence electrons. The Labute approximate surface area is 122 Å². The summed E-state index contributed by atoms with van der Waals surface area (Å²) in [6.45, 7) is 0.662. The fraction of sp³-hybridized carbons (Fsp3) is 0.0833. The maximum absolute atomic E-state index is 5.82. The normalized spacial score (nSPS) is 10.3. The lowest BCUT2D eigenvalue weighted by atomic mass is 10.3. The second kappa shape index (κ2) is 5.85. The van der Waals surface area contributed by atoms with E-state index in [4.69, 9.17) is 11.6 Å². The van der Waals surface area contributed by atoms with E-state index in [-0.39, 0.29) is 0 Å². The number of pyridine rings is 1. The van der Waals surface area contributed by atoms with E-state index >= 15 is 0 Å². The Morgan fingerprint density at radius 1 is 1.18 bits per heavy atom. The first-order valence-corrected chi connectivity index (χ1v) is 6.91. The summed E-state index contributed by atoms with van der Waals surface area (Å²) in [6.07, 6.45) is 1.78. The molecule has 0 atom stereocenters. The van der Waals surface area contributed by atoms with Crippen LogP contribution in [0, 0.1) is 0 Å². The summed E-state index contributed by atoms with van der Waals surface area (Å²) in [5.41, 5.74) is 1.98. The molecule has 0 saturated heterocycles. The van der Waals surface area contributed by atoms with Crippen LogP contribution in [0.5, 0.6) is 0 Å². The molecule has 0 aliphatic rings. The molecular formula is C12H9Br2ClN2. The molecule has 0 aliphatic carbocycles. The zero-order valence-corrected chi connectivity index (χ0v) is 12.7. The van der Waals surface area contributed by atoms with Crippen molar-refractivity contribution in [2.45, 2.75) is 6.54 Å². The minimum absolute atomic E-state index is 0.662. The summed E-state index contributed by atoms with van der Waals surface area (Å²) < 4.78 is 1.94. The van der Waals surface area contributed by atoms with E-state index in [1.165, 1.54) is 0 Å². The van der Waals surface area contributed by atoms with Crippen molar-refractivity contribution in [3.8, 4) is 0 Å². The van der Waals surface area contributed by atoms with Crippen molar-refractivity contribution in [3.05, 3.63) is 56.2 Å². The number of benzene rings is 1. The molecule has 1 N–H and O–H groups in total. The minimum atomic E-state index is 0.662. The van der Waals surface area contributed by atoms with E-state index in [2.05, 4.69) is 42.2 Å². The molecular weight excluding hydrogens is 367 g/mol. The Morgan fingerprint density at radius 2 is 1.88 bits per heavy atom. The van der Waals surface area contributed by atoms with Gasteiger partial charge in [-0.1, -0.05) is 11.6 Å². The van der Waals surface area contributed by atoms with Gasteiger partial charge in [0.15, 0.2) is 0 Å². The van der Waals surface area contributed by atoms with E-state index in [0.717, 1.165) is 25.3 Å². The highest BCUT2D eigenvalue weighted by atomic mass is 79.9. The van der Waals surface area contributed by atoms with Gasteiger partial charge < -0.3 is 5.32 Å². The fourth-order valence-electron chi connectivity index (χ4n) is 1.33. The first-order chi connectivity index (χ1) is 8.15. The van der Waals surface area contributed by atoms with Gasteiger partial charge in [-0.25, -0.2) is 0 Å². The van der Waals surface area contributed by atoms with Gasteiger partial charge >= 0.3 is 0 Å². The lowest BCUT2D eigenvalue weighted by Gasteiger charge is -2.07. The average molecular weight is 376 g/mol. The third-order valence-corrected chi connectivity index (χ3v) is 3.56. The van der Waals surface area contributed by atoms with Crippen LogP contribution >= 0.6 is 43.5 Å². The van der Waals surface area contributed by atoms with E-state index in [1.807, 2.05) is 30.3 Å². The zero-order chi connectivity index (χ0) is 12.3. The number of rotatable bonds is 3.